The third-order valence-electron chi connectivity index (χ3n) is 3.42. The molecule has 1 N–H and O–H groups in total. The molecule has 6 nitrogen and oxygen atoms in total. The van der Waals surface area contributed by atoms with Gasteiger partial charge in [0.1, 0.15) is 0 Å². The minimum atomic E-state index is -0.781. The molecule has 0 aliphatic heterocycles. The third-order valence-corrected chi connectivity index (χ3v) is 3.42. The molecule has 1 rings (SSSR count). The van der Waals surface area contributed by atoms with Crippen molar-refractivity contribution in [3.05, 3.63) is 48.0 Å². The number of carbonyl (C=O) groups is 2. The highest BCUT2D eigenvalue weighted by molar-refractivity contribution is 5.76. The molecular weight excluding hydrogens is 298 g/mol. The molecule has 3 atom stereocenters. The molecule has 1 amide bonds. The van der Waals surface area contributed by atoms with Gasteiger partial charge in [-0.25, -0.2) is 9.59 Å². The summed E-state index contributed by atoms with van der Waals surface area (Å²) in [6, 6.07) is 9.22. The number of hydrogen-bond acceptors (Lipinski definition) is 5. The Kier molecular flexibility index (Phi) is 7.83. The maximum Gasteiger partial charge on any atom is 0.407 e. The number of carbonyl (C=O) groups excluding carboxylic acids is 2. The molecule has 0 aromatic heterocycles. The number of methoxy groups -OCH3 is 3. The predicted octanol–water partition coefficient (Wildman–Crippen LogP) is 2.46. The fourth-order valence-electron chi connectivity index (χ4n) is 2.12. The maximum atomic E-state index is 11.6. The zero-order valence-corrected chi connectivity index (χ0v) is 13.8. The highest BCUT2D eigenvalue weighted by atomic mass is 16.6. The Morgan fingerprint density at radius 2 is 1.70 bits per heavy atom. The van der Waals surface area contributed by atoms with E-state index in [2.05, 4.69) is 14.8 Å². The number of nitrogens with one attached hydrogen (secondary N) is 1. The van der Waals surface area contributed by atoms with Crippen LogP contribution in [0.25, 0.3) is 0 Å². The summed E-state index contributed by atoms with van der Waals surface area (Å²) in [4.78, 5) is 23.1. The summed E-state index contributed by atoms with van der Waals surface area (Å²) >= 11 is 0. The van der Waals surface area contributed by atoms with Crippen molar-refractivity contribution < 1.29 is 23.8 Å². The topological polar surface area (TPSA) is 73.9 Å². The first-order valence-electron chi connectivity index (χ1n) is 7.21. The summed E-state index contributed by atoms with van der Waals surface area (Å²) in [5, 5.41) is 2.80. The highest BCUT2D eigenvalue weighted by Crippen LogP contribution is 2.23. The molecule has 0 aliphatic rings. The number of amides is 1. The number of benzene rings is 1. The molecule has 0 spiro atoms. The van der Waals surface area contributed by atoms with Crippen LogP contribution in [0.5, 0.6) is 0 Å². The van der Waals surface area contributed by atoms with Gasteiger partial charge in [-0.15, -0.1) is 0 Å². The van der Waals surface area contributed by atoms with Crippen LogP contribution >= 0.6 is 0 Å². The standard InChI is InChI=1S/C17H23NO5/c1-12(10-11-14(21-2)16(19)22-3)15(18-17(20)23-4)13-8-6-5-7-9-13/h5-12,14-15H,1-4H3,(H,18,20)/b11-10+/t12-,14-,15+/m1/s1. The van der Waals surface area contributed by atoms with Gasteiger partial charge in [0, 0.05) is 7.11 Å². The molecule has 126 valence electrons. The SMILES string of the molecule is COC(=O)N[C@H](c1ccccc1)[C@H](C)/C=C/[C@@H](OC)C(=O)OC. The average molecular weight is 321 g/mol. The van der Waals surface area contributed by atoms with E-state index >= 15 is 0 Å². The summed E-state index contributed by atoms with van der Waals surface area (Å²) in [6.07, 6.45) is 2.12. The van der Waals surface area contributed by atoms with Crippen molar-refractivity contribution in [1.82, 2.24) is 5.32 Å². The van der Waals surface area contributed by atoms with Crippen molar-refractivity contribution >= 4 is 12.1 Å². The largest absolute Gasteiger partial charge is 0.467 e. The minimum absolute atomic E-state index is 0.0983. The highest BCUT2D eigenvalue weighted by Gasteiger charge is 2.21. The molecule has 0 radical (unpaired) electrons. The molecule has 0 aliphatic carbocycles. The van der Waals surface area contributed by atoms with Gasteiger partial charge in [0.05, 0.1) is 20.3 Å². The maximum absolute atomic E-state index is 11.6. The van der Waals surface area contributed by atoms with E-state index in [0.29, 0.717) is 0 Å². The first-order chi connectivity index (χ1) is 11.0. The van der Waals surface area contributed by atoms with Gasteiger partial charge in [-0.2, -0.15) is 0 Å². The van der Waals surface area contributed by atoms with Crippen molar-refractivity contribution in [1.29, 1.82) is 0 Å². The van der Waals surface area contributed by atoms with Gasteiger partial charge in [-0.1, -0.05) is 43.3 Å². The van der Waals surface area contributed by atoms with Crippen LogP contribution in [0.3, 0.4) is 0 Å². The number of esters is 1. The molecule has 0 bridgehead atoms. The Hall–Kier alpha value is -2.34. The molecule has 0 saturated heterocycles. The van der Waals surface area contributed by atoms with Crippen LogP contribution in [-0.4, -0.2) is 39.5 Å². The zero-order valence-electron chi connectivity index (χ0n) is 13.8. The van der Waals surface area contributed by atoms with Gasteiger partial charge in [-0.3, -0.25) is 0 Å². The molecule has 0 saturated carbocycles. The van der Waals surface area contributed by atoms with Crippen LogP contribution < -0.4 is 5.32 Å². The van der Waals surface area contributed by atoms with Crippen LogP contribution in [-0.2, 0) is 19.0 Å². The lowest BCUT2D eigenvalue weighted by Gasteiger charge is -2.23. The lowest BCUT2D eigenvalue weighted by molar-refractivity contribution is -0.149. The van der Waals surface area contributed by atoms with Crippen LogP contribution in [0.2, 0.25) is 0 Å². The molecule has 1 aromatic carbocycles. The van der Waals surface area contributed by atoms with E-state index in [9.17, 15) is 9.59 Å². The summed E-state index contributed by atoms with van der Waals surface area (Å²) in [5.74, 6) is -0.577. The Balaban J connectivity index is 2.93. The van der Waals surface area contributed by atoms with E-state index in [0.717, 1.165) is 5.56 Å². The van der Waals surface area contributed by atoms with Gasteiger partial charge >= 0.3 is 12.1 Å². The quantitative estimate of drug-likeness (QED) is 0.617. The van der Waals surface area contributed by atoms with Crippen molar-refractivity contribution in [2.75, 3.05) is 21.3 Å². The Morgan fingerprint density at radius 3 is 2.22 bits per heavy atom. The molecule has 0 heterocycles. The van der Waals surface area contributed by atoms with E-state index in [4.69, 9.17) is 4.74 Å². The Labute approximate surface area is 136 Å². The summed E-state index contributed by atoms with van der Waals surface area (Å²) in [5.41, 5.74) is 0.932. The third kappa shape index (κ3) is 5.75. The molecule has 6 heteroatoms. The normalized spacial score (nSPS) is 14.8. The van der Waals surface area contributed by atoms with Crippen molar-refractivity contribution in [2.24, 2.45) is 5.92 Å². The van der Waals surface area contributed by atoms with E-state index in [1.54, 1.807) is 12.2 Å². The average Bonchev–Trinajstić information content (AvgIpc) is 2.59. The minimum Gasteiger partial charge on any atom is -0.467 e. The van der Waals surface area contributed by atoms with E-state index in [-0.39, 0.29) is 12.0 Å². The summed E-state index contributed by atoms with van der Waals surface area (Å²) in [7, 11) is 4.05. The number of alkyl carbamates (subject to hydrolysis) is 1. The van der Waals surface area contributed by atoms with E-state index < -0.39 is 18.2 Å². The van der Waals surface area contributed by atoms with Crippen LogP contribution in [0, 0.1) is 5.92 Å². The number of ether oxygens (including phenoxy) is 3. The fraction of sp³-hybridized carbons (Fsp3) is 0.412. The second kappa shape index (κ2) is 9.63. The first-order valence-corrected chi connectivity index (χ1v) is 7.21. The van der Waals surface area contributed by atoms with Gasteiger partial charge in [0.15, 0.2) is 6.10 Å². The van der Waals surface area contributed by atoms with Crippen LogP contribution in [0.4, 0.5) is 4.79 Å². The fourth-order valence-corrected chi connectivity index (χ4v) is 2.12. The number of hydrogen-bond donors (Lipinski definition) is 1. The van der Waals surface area contributed by atoms with Crippen molar-refractivity contribution in [3.63, 3.8) is 0 Å². The van der Waals surface area contributed by atoms with Gasteiger partial charge in [0.2, 0.25) is 0 Å². The smallest absolute Gasteiger partial charge is 0.407 e. The second-order valence-electron chi connectivity index (χ2n) is 4.95. The molecule has 1 aromatic rings. The van der Waals surface area contributed by atoms with Gasteiger partial charge in [-0.05, 0) is 17.6 Å². The van der Waals surface area contributed by atoms with Crippen molar-refractivity contribution in [2.45, 2.75) is 19.1 Å². The first kappa shape index (κ1) is 18.7. The lowest BCUT2D eigenvalue weighted by Crippen LogP contribution is -2.32. The number of rotatable bonds is 7. The Bertz CT molecular complexity index is 529. The molecule has 0 unspecified atom stereocenters. The van der Waals surface area contributed by atoms with E-state index in [1.807, 2.05) is 37.3 Å². The monoisotopic (exact) mass is 321 g/mol. The predicted molar refractivity (Wildman–Crippen MR) is 85.8 cm³/mol. The second-order valence-corrected chi connectivity index (χ2v) is 4.95. The van der Waals surface area contributed by atoms with Crippen LogP contribution in [0.1, 0.15) is 18.5 Å². The summed E-state index contributed by atoms with van der Waals surface area (Å²) < 4.78 is 14.4. The van der Waals surface area contributed by atoms with E-state index in [1.165, 1.54) is 21.3 Å². The molecular formula is C17H23NO5. The Morgan fingerprint density at radius 1 is 1.04 bits per heavy atom. The van der Waals surface area contributed by atoms with Gasteiger partial charge in [0.25, 0.3) is 0 Å². The molecule has 23 heavy (non-hydrogen) atoms. The van der Waals surface area contributed by atoms with Crippen LogP contribution in [0.15, 0.2) is 42.5 Å². The molecule has 0 fully saturated rings. The zero-order chi connectivity index (χ0) is 17.2. The van der Waals surface area contributed by atoms with Gasteiger partial charge < -0.3 is 19.5 Å². The lowest BCUT2D eigenvalue weighted by atomic mass is 9.94. The van der Waals surface area contributed by atoms with Crippen molar-refractivity contribution in [3.8, 4) is 0 Å². The summed E-state index contributed by atoms with van der Waals surface area (Å²) in [6.45, 7) is 1.92.